The maximum absolute atomic E-state index is 7.47. The van der Waals surface area contributed by atoms with Gasteiger partial charge in [0.2, 0.25) is 0 Å². The molecule has 1 radical (unpaired) electrons. The minimum atomic E-state index is 0.0405. The number of benzene rings is 1. The van der Waals surface area contributed by atoms with E-state index in [4.69, 9.17) is 11.1 Å². The van der Waals surface area contributed by atoms with Gasteiger partial charge in [-0.25, -0.2) is 4.98 Å². The summed E-state index contributed by atoms with van der Waals surface area (Å²) in [5.41, 5.74) is 7.89. The van der Waals surface area contributed by atoms with Crippen LogP contribution in [-0.2, 0) is 0 Å². The number of imidazole rings is 1. The van der Waals surface area contributed by atoms with Crippen molar-refractivity contribution in [1.82, 2.24) is 9.55 Å². The maximum atomic E-state index is 7.47. The largest absolute Gasteiger partial charge is 0.384 e. The predicted molar refractivity (Wildman–Crippen MR) is 59.0 cm³/mol. The van der Waals surface area contributed by atoms with E-state index in [0.29, 0.717) is 5.56 Å². The number of nitrogens with two attached hydrogens (primary N) is 1. The predicted octanol–water partition coefficient (Wildman–Crippen LogP) is 1.34. The molecular weight excluding hydrogens is 188 g/mol. The van der Waals surface area contributed by atoms with Crippen LogP contribution < -0.4 is 5.73 Å². The van der Waals surface area contributed by atoms with Gasteiger partial charge in [-0.1, -0.05) is 6.07 Å². The zero-order valence-electron chi connectivity index (χ0n) is 8.14. The van der Waals surface area contributed by atoms with Gasteiger partial charge in [0.15, 0.2) is 0 Å². The standard InChI is InChI=1S/C11H11N4/c1-8-2-3-9(11(12)13)10(6-8)15-5-4-14-7-15/h2-7H,1H2,(H3,12,13). The Bertz CT molecular complexity index is 485. The number of aromatic nitrogens is 2. The molecule has 75 valence electrons. The van der Waals surface area contributed by atoms with Crippen LogP contribution in [0.4, 0.5) is 0 Å². The first-order chi connectivity index (χ1) is 7.18. The Morgan fingerprint density at radius 2 is 2.27 bits per heavy atom. The molecule has 0 atom stereocenters. The van der Waals surface area contributed by atoms with Crippen molar-refractivity contribution in [3.63, 3.8) is 0 Å². The Balaban J connectivity index is 2.63. The Labute approximate surface area is 87.9 Å². The molecule has 3 N–H and O–H groups in total. The molecule has 0 unspecified atom stereocenters. The average Bonchev–Trinajstić information content (AvgIpc) is 2.69. The lowest BCUT2D eigenvalue weighted by molar-refractivity contribution is 1.05. The number of hydrogen-bond donors (Lipinski definition) is 2. The summed E-state index contributed by atoms with van der Waals surface area (Å²) in [5.74, 6) is 0.0405. The molecule has 1 aromatic heterocycles. The van der Waals surface area contributed by atoms with Crippen LogP contribution in [-0.4, -0.2) is 15.4 Å². The fourth-order valence-corrected chi connectivity index (χ4v) is 1.42. The Kier molecular flexibility index (Phi) is 2.25. The highest BCUT2D eigenvalue weighted by atomic mass is 15.0. The summed E-state index contributed by atoms with van der Waals surface area (Å²) >= 11 is 0. The highest BCUT2D eigenvalue weighted by Gasteiger charge is 2.06. The van der Waals surface area contributed by atoms with E-state index in [0.717, 1.165) is 11.3 Å². The maximum Gasteiger partial charge on any atom is 0.124 e. The first-order valence-corrected chi connectivity index (χ1v) is 4.47. The molecule has 15 heavy (non-hydrogen) atoms. The minimum Gasteiger partial charge on any atom is -0.384 e. The molecule has 1 heterocycles. The van der Waals surface area contributed by atoms with E-state index >= 15 is 0 Å². The lowest BCUT2D eigenvalue weighted by atomic mass is 10.1. The van der Waals surface area contributed by atoms with Gasteiger partial charge < -0.3 is 10.3 Å². The van der Waals surface area contributed by atoms with E-state index in [-0.39, 0.29) is 5.84 Å². The van der Waals surface area contributed by atoms with E-state index in [1.165, 1.54) is 0 Å². The summed E-state index contributed by atoms with van der Waals surface area (Å²) in [7, 11) is 0. The molecule has 0 fully saturated rings. The van der Waals surface area contributed by atoms with Gasteiger partial charge in [-0.15, -0.1) is 0 Å². The lowest BCUT2D eigenvalue weighted by Crippen LogP contribution is -2.14. The topological polar surface area (TPSA) is 67.7 Å². The molecule has 2 rings (SSSR count). The number of nitrogens with zero attached hydrogens (tertiary/aromatic N) is 2. The van der Waals surface area contributed by atoms with Gasteiger partial charge >= 0.3 is 0 Å². The smallest absolute Gasteiger partial charge is 0.124 e. The fraction of sp³-hybridized carbons (Fsp3) is 0. The number of nitrogen functional groups attached to an aromatic ring is 1. The third-order valence-electron chi connectivity index (χ3n) is 2.13. The van der Waals surface area contributed by atoms with Crippen LogP contribution in [0.3, 0.4) is 0 Å². The molecule has 4 heteroatoms. The minimum absolute atomic E-state index is 0.0405. The van der Waals surface area contributed by atoms with Crippen molar-refractivity contribution < 1.29 is 0 Å². The molecule has 4 nitrogen and oxygen atoms in total. The number of amidine groups is 1. The summed E-state index contributed by atoms with van der Waals surface area (Å²) in [5, 5.41) is 7.47. The molecular formula is C11H11N4. The van der Waals surface area contributed by atoms with E-state index in [1.807, 2.05) is 16.7 Å². The van der Waals surface area contributed by atoms with Crippen LogP contribution in [0.25, 0.3) is 5.69 Å². The van der Waals surface area contributed by atoms with Gasteiger partial charge in [0.1, 0.15) is 5.84 Å². The highest BCUT2D eigenvalue weighted by Crippen LogP contribution is 2.15. The van der Waals surface area contributed by atoms with Gasteiger partial charge in [-0.05, 0) is 24.6 Å². The Morgan fingerprint density at radius 1 is 1.47 bits per heavy atom. The van der Waals surface area contributed by atoms with Crippen molar-refractivity contribution >= 4 is 5.84 Å². The summed E-state index contributed by atoms with van der Waals surface area (Å²) in [6, 6.07) is 5.50. The van der Waals surface area contributed by atoms with E-state index in [2.05, 4.69) is 11.9 Å². The van der Waals surface area contributed by atoms with E-state index < -0.39 is 0 Å². The number of nitrogens with one attached hydrogen (secondary N) is 1. The first-order valence-electron chi connectivity index (χ1n) is 4.47. The fourth-order valence-electron chi connectivity index (χ4n) is 1.42. The van der Waals surface area contributed by atoms with E-state index in [1.54, 1.807) is 24.8 Å². The van der Waals surface area contributed by atoms with Crippen LogP contribution in [0.2, 0.25) is 0 Å². The molecule has 0 aliphatic rings. The van der Waals surface area contributed by atoms with Gasteiger partial charge in [-0.2, -0.15) is 0 Å². The molecule has 0 bridgehead atoms. The Morgan fingerprint density at radius 3 is 2.87 bits per heavy atom. The van der Waals surface area contributed by atoms with Gasteiger partial charge in [0.05, 0.1) is 12.0 Å². The summed E-state index contributed by atoms with van der Waals surface area (Å²) < 4.78 is 1.81. The lowest BCUT2D eigenvalue weighted by Gasteiger charge is -2.09. The third kappa shape index (κ3) is 1.74. The number of hydrogen-bond acceptors (Lipinski definition) is 2. The summed E-state index contributed by atoms with van der Waals surface area (Å²) in [6.45, 7) is 3.85. The molecule has 0 amide bonds. The first kappa shape index (κ1) is 9.45. The zero-order valence-corrected chi connectivity index (χ0v) is 8.14. The van der Waals surface area contributed by atoms with E-state index in [9.17, 15) is 0 Å². The molecule has 0 saturated heterocycles. The molecule has 0 saturated carbocycles. The monoisotopic (exact) mass is 199 g/mol. The zero-order chi connectivity index (χ0) is 10.8. The molecule has 0 spiro atoms. The van der Waals surface area contributed by atoms with Crippen LogP contribution in [0, 0.1) is 12.3 Å². The highest BCUT2D eigenvalue weighted by molar-refractivity contribution is 5.98. The molecule has 0 aliphatic heterocycles. The van der Waals surface area contributed by atoms with Crippen LogP contribution >= 0.6 is 0 Å². The second kappa shape index (κ2) is 3.57. The summed E-state index contributed by atoms with van der Waals surface area (Å²) in [6.07, 6.45) is 5.15. The molecule has 0 aliphatic carbocycles. The van der Waals surface area contributed by atoms with Crippen molar-refractivity contribution in [3.8, 4) is 5.69 Å². The van der Waals surface area contributed by atoms with Crippen molar-refractivity contribution in [2.45, 2.75) is 0 Å². The quantitative estimate of drug-likeness (QED) is 0.566. The third-order valence-corrected chi connectivity index (χ3v) is 2.13. The number of rotatable bonds is 2. The van der Waals surface area contributed by atoms with Crippen LogP contribution in [0.1, 0.15) is 11.1 Å². The second-order valence-electron chi connectivity index (χ2n) is 3.24. The SMILES string of the molecule is [CH2]c1ccc(C(=N)N)c(-n2ccnc2)c1. The van der Waals surface area contributed by atoms with Crippen molar-refractivity contribution in [2.75, 3.05) is 0 Å². The van der Waals surface area contributed by atoms with Crippen molar-refractivity contribution in [1.29, 1.82) is 5.41 Å². The van der Waals surface area contributed by atoms with Crippen LogP contribution in [0.15, 0.2) is 36.9 Å². The van der Waals surface area contributed by atoms with Gasteiger partial charge in [0, 0.05) is 18.0 Å². The van der Waals surface area contributed by atoms with Gasteiger partial charge in [0.25, 0.3) is 0 Å². The van der Waals surface area contributed by atoms with Crippen LogP contribution in [0.5, 0.6) is 0 Å². The summed E-state index contributed by atoms with van der Waals surface area (Å²) in [4.78, 5) is 3.96. The normalized spacial score (nSPS) is 10.2. The molecule has 2 aromatic rings. The second-order valence-corrected chi connectivity index (χ2v) is 3.24. The van der Waals surface area contributed by atoms with Crippen molar-refractivity contribution in [2.24, 2.45) is 5.73 Å². The molecule has 1 aromatic carbocycles. The average molecular weight is 199 g/mol. The van der Waals surface area contributed by atoms with Gasteiger partial charge in [-0.3, -0.25) is 5.41 Å². The Hall–Kier alpha value is -2.10. The van der Waals surface area contributed by atoms with Crippen molar-refractivity contribution in [3.05, 3.63) is 55.0 Å².